The minimum atomic E-state index is -0.251. The third-order valence-electron chi connectivity index (χ3n) is 1.83. The van der Waals surface area contributed by atoms with Gasteiger partial charge in [-0.3, -0.25) is 0 Å². The van der Waals surface area contributed by atoms with Crippen LogP contribution >= 0.6 is 15.9 Å². The molecule has 14 heavy (non-hydrogen) atoms. The highest BCUT2D eigenvalue weighted by atomic mass is 79.9. The molecule has 0 N–H and O–H groups in total. The second-order valence-electron chi connectivity index (χ2n) is 3.06. The van der Waals surface area contributed by atoms with Crippen LogP contribution in [0.15, 0.2) is 30.3 Å². The van der Waals surface area contributed by atoms with Crippen LogP contribution in [0.1, 0.15) is 23.7 Å². The maximum atomic E-state index is 11.5. The van der Waals surface area contributed by atoms with Gasteiger partial charge in [0.1, 0.15) is 6.10 Å². The number of rotatable bonds is 4. The van der Waals surface area contributed by atoms with Crippen molar-refractivity contribution in [2.75, 3.05) is 5.33 Å². The molecule has 0 saturated heterocycles. The summed E-state index contributed by atoms with van der Waals surface area (Å²) in [5, 5.41) is 0.843. The van der Waals surface area contributed by atoms with Gasteiger partial charge in [-0.05, 0) is 25.5 Å². The summed E-state index contributed by atoms with van der Waals surface area (Å²) >= 11 is 3.30. The van der Waals surface area contributed by atoms with Crippen molar-refractivity contribution in [1.82, 2.24) is 0 Å². The molecular weight excluding hydrogens is 244 g/mol. The molecule has 3 heteroatoms. The predicted molar refractivity (Wildman–Crippen MR) is 59.7 cm³/mol. The number of carbonyl (C=O) groups is 1. The summed E-state index contributed by atoms with van der Waals surface area (Å²) in [6, 6.07) is 9.03. The lowest BCUT2D eigenvalue weighted by atomic mass is 10.2. The molecule has 1 unspecified atom stereocenters. The van der Waals surface area contributed by atoms with Crippen LogP contribution in [0.4, 0.5) is 0 Å². The molecule has 0 spiro atoms. The zero-order chi connectivity index (χ0) is 10.4. The second-order valence-corrected chi connectivity index (χ2v) is 3.85. The lowest BCUT2D eigenvalue weighted by molar-refractivity contribution is 0.0337. The quantitative estimate of drug-likeness (QED) is 0.612. The molecule has 2 nitrogen and oxygen atoms in total. The fourth-order valence-electron chi connectivity index (χ4n) is 1.04. The number of benzene rings is 1. The summed E-state index contributed by atoms with van der Waals surface area (Å²) in [5.41, 5.74) is 0.605. The summed E-state index contributed by atoms with van der Waals surface area (Å²) < 4.78 is 5.21. The highest BCUT2D eigenvalue weighted by Gasteiger charge is 2.10. The topological polar surface area (TPSA) is 26.3 Å². The van der Waals surface area contributed by atoms with Gasteiger partial charge in [0.25, 0.3) is 0 Å². The maximum Gasteiger partial charge on any atom is 0.338 e. The Morgan fingerprint density at radius 3 is 2.64 bits per heavy atom. The Morgan fingerprint density at radius 1 is 1.43 bits per heavy atom. The monoisotopic (exact) mass is 256 g/mol. The number of carbonyl (C=O) groups excluding carboxylic acids is 1. The van der Waals surface area contributed by atoms with E-state index in [-0.39, 0.29) is 12.1 Å². The summed E-state index contributed by atoms with van der Waals surface area (Å²) in [7, 11) is 0. The first-order chi connectivity index (χ1) is 6.74. The Morgan fingerprint density at radius 2 is 2.07 bits per heavy atom. The lowest BCUT2D eigenvalue weighted by Crippen LogP contribution is -2.15. The standard InChI is InChI=1S/C11H13BrO2/c1-9(7-8-12)14-11(13)10-5-3-2-4-6-10/h2-6,9H,7-8H2,1H3. The van der Waals surface area contributed by atoms with Crippen LogP contribution in [0.2, 0.25) is 0 Å². The Balaban J connectivity index is 2.51. The molecule has 0 aliphatic heterocycles. The van der Waals surface area contributed by atoms with Crippen LogP contribution in [-0.4, -0.2) is 17.4 Å². The Labute approximate surface area is 92.4 Å². The first kappa shape index (κ1) is 11.2. The number of alkyl halides is 1. The molecule has 0 aliphatic carbocycles. The van der Waals surface area contributed by atoms with E-state index in [1.165, 1.54) is 0 Å². The predicted octanol–water partition coefficient (Wildman–Crippen LogP) is 3.02. The average Bonchev–Trinajstić information content (AvgIpc) is 2.19. The lowest BCUT2D eigenvalue weighted by Gasteiger charge is -2.11. The van der Waals surface area contributed by atoms with Gasteiger partial charge in [0, 0.05) is 5.33 Å². The van der Waals surface area contributed by atoms with Gasteiger partial charge in [0.05, 0.1) is 5.56 Å². The zero-order valence-corrected chi connectivity index (χ0v) is 9.66. The van der Waals surface area contributed by atoms with E-state index in [4.69, 9.17) is 4.74 Å². The van der Waals surface area contributed by atoms with E-state index < -0.39 is 0 Å². The zero-order valence-electron chi connectivity index (χ0n) is 8.07. The van der Waals surface area contributed by atoms with E-state index in [0.29, 0.717) is 5.56 Å². The van der Waals surface area contributed by atoms with Crippen molar-refractivity contribution < 1.29 is 9.53 Å². The fourth-order valence-corrected chi connectivity index (χ4v) is 1.68. The molecule has 0 heterocycles. The van der Waals surface area contributed by atoms with Crippen molar-refractivity contribution in [3.63, 3.8) is 0 Å². The maximum absolute atomic E-state index is 11.5. The van der Waals surface area contributed by atoms with Crippen molar-refractivity contribution in [3.05, 3.63) is 35.9 Å². The van der Waals surface area contributed by atoms with E-state index in [1.54, 1.807) is 12.1 Å². The Kier molecular flexibility index (Phi) is 4.66. The largest absolute Gasteiger partial charge is 0.459 e. The van der Waals surface area contributed by atoms with Gasteiger partial charge in [-0.1, -0.05) is 34.1 Å². The number of hydrogen-bond donors (Lipinski definition) is 0. The molecular formula is C11H13BrO2. The Bertz CT molecular complexity index is 285. The van der Waals surface area contributed by atoms with E-state index >= 15 is 0 Å². The molecule has 1 rings (SSSR count). The van der Waals surface area contributed by atoms with Gasteiger partial charge in [-0.2, -0.15) is 0 Å². The SMILES string of the molecule is CC(CCBr)OC(=O)c1ccccc1. The van der Waals surface area contributed by atoms with E-state index in [1.807, 2.05) is 25.1 Å². The average molecular weight is 257 g/mol. The van der Waals surface area contributed by atoms with Gasteiger partial charge in [-0.25, -0.2) is 4.79 Å². The molecule has 0 fully saturated rings. The van der Waals surface area contributed by atoms with Gasteiger partial charge in [0.2, 0.25) is 0 Å². The molecule has 1 aromatic carbocycles. The summed E-state index contributed by atoms with van der Waals surface area (Å²) in [4.78, 5) is 11.5. The minimum Gasteiger partial charge on any atom is -0.459 e. The number of ether oxygens (including phenoxy) is 1. The smallest absolute Gasteiger partial charge is 0.338 e. The van der Waals surface area contributed by atoms with E-state index in [9.17, 15) is 4.79 Å². The normalized spacial score (nSPS) is 12.1. The third-order valence-corrected chi connectivity index (χ3v) is 2.29. The molecule has 0 amide bonds. The highest BCUT2D eigenvalue weighted by molar-refractivity contribution is 9.09. The minimum absolute atomic E-state index is 0.0397. The van der Waals surface area contributed by atoms with Crippen molar-refractivity contribution in [3.8, 4) is 0 Å². The molecule has 0 bridgehead atoms. The molecule has 1 atom stereocenters. The van der Waals surface area contributed by atoms with Crippen LogP contribution in [0.3, 0.4) is 0 Å². The van der Waals surface area contributed by atoms with Gasteiger partial charge in [-0.15, -0.1) is 0 Å². The van der Waals surface area contributed by atoms with Gasteiger partial charge < -0.3 is 4.74 Å². The Hall–Kier alpha value is -0.830. The summed E-state index contributed by atoms with van der Waals surface area (Å²) in [6.45, 7) is 1.89. The molecule has 1 aromatic rings. The molecule has 0 aromatic heterocycles. The van der Waals surface area contributed by atoms with Gasteiger partial charge in [0.15, 0.2) is 0 Å². The van der Waals surface area contributed by atoms with Crippen molar-refractivity contribution in [2.24, 2.45) is 0 Å². The number of hydrogen-bond acceptors (Lipinski definition) is 2. The van der Waals surface area contributed by atoms with Gasteiger partial charge >= 0.3 is 5.97 Å². The third kappa shape index (κ3) is 3.50. The second kappa shape index (κ2) is 5.81. The highest BCUT2D eigenvalue weighted by Crippen LogP contribution is 2.06. The van der Waals surface area contributed by atoms with Crippen LogP contribution < -0.4 is 0 Å². The molecule has 0 aliphatic rings. The summed E-state index contributed by atoms with van der Waals surface area (Å²) in [5.74, 6) is -0.251. The summed E-state index contributed by atoms with van der Waals surface area (Å²) in [6.07, 6.45) is 0.792. The van der Waals surface area contributed by atoms with E-state index in [0.717, 1.165) is 11.8 Å². The first-order valence-corrected chi connectivity index (χ1v) is 5.68. The van der Waals surface area contributed by atoms with Crippen LogP contribution in [-0.2, 0) is 4.74 Å². The van der Waals surface area contributed by atoms with Crippen molar-refractivity contribution in [1.29, 1.82) is 0 Å². The first-order valence-electron chi connectivity index (χ1n) is 4.56. The van der Waals surface area contributed by atoms with Crippen LogP contribution in [0.5, 0.6) is 0 Å². The number of halogens is 1. The molecule has 76 valence electrons. The van der Waals surface area contributed by atoms with Crippen LogP contribution in [0.25, 0.3) is 0 Å². The number of esters is 1. The van der Waals surface area contributed by atoms with E-state index in [2.05, 4.69) is 15.9 Å². The van der Waals surface area contributed by atoms with Crippen LogP contribution in [0, 0.1) is 0 Å². The molecule has 0 radical (unpaired) electrons. The molecule has 0 saturated carbocycles. The van der Waals surface area contributed by atoms with Crippen molar-refractivity contribution in [2.45, 2.75) is 19.4 Å². The van der Waals surface area contributed by atoms with Crippen molar-refractivity contribution >= 4 is 21.9 Å². The fraction of sp³-hybridized carbons (Fsp3) is 0.364.